The van der Waals surface area contributed by atoms with E-state index in [1.165, 1.54) is 37.7 Å². The Balaban J connectivity index is 1.65. The first kappa shape index (κ1) is 20.4. The summed E-state index contributed by atoms with van der Waals surface area (Å²) in [6.07, 6.45) is 3.48. The number of hydrogen-bond acceptors (Lipinski definition) is 8. The third-order valence-electron chi connectivity index (χ3n) is 5.70. The number of Topliss-reactive ketones (excluding diaryl/α,β-unsaturated/α-hetero) is 1. The molecule has 1 aliphatic heterocycles. The van der Waals surface area contributed by atoms with Crippen LogP contribution in [-0.2, 0) is 21.8 Å². The maximum absolute atomic E-state index is 14.7. The molecule has 0 radical (unpaired) electrons. The number of carbonyl (C=O) groups is 1. The number of sulfone groups is 1. The monoisotopic (exact) mass is 432 g/mol. The van der Waals surface area contributed by atoms with Gasteiger partial charge in [-0.15, -0.1) is 0 Å². The van der Waals surface area contributed by atoms with Crippen molar-refractivity contribution >= 4 is 21.5 Å². The topological polar surface area (TPSA) is 125 Å². The van der Waals surface area contributed by atoms with Gasteiger partial charge in [0.25, 0.3) is 0 Å². The third-order valence-corrected chi connectivity index (χ3v) is 8.45. The van der Waals surface area contributed by atoms with Crippen LogP contribution in [0.2, 0.25) is 0 Å². The van der Waals surface area contributed by atoms with Gasteiger partial charge in [0.15, 0.2) is 15.6 Å². The van der Waals surface area contributed by atoms with Gasteiger partial charge in [-0.25, -0.2) is 22.8 Å². The fraction of sp³-hybridized carbons (Fsp3) is 0.400. The standard InChI is InChI=1S/C20H21FN4O4S/c1-19(11-30(27,28)20(5-6-20)18(22)25-19)13-7-12(3-4-14(13)21)8-16(26)15-9-24-17(29-2)10-23-15/h3-4,7,9-10H,5-6,8,11H2,1-2H3,(H2,22,25)/t19-/m0/s1. The van der Waals surface area contributed by atoms with E-state index in [1.54, 1.807) is 6.92 Å². The van der Waals surface area contributed by atoms with Crippen molar-refractivity contribution in [2.45, 2.75) is 36.5 Å². The lowest BCUT2D eigenvalue weighted by molar-refractivity contribution is 0.0987. The molecule has 4 rings (SSSR count). The van der Waals surface area contributed by atoms with Crippen LogP contribution >= 0.6 is 0 Å². The van der Waals surface area contributed by atoms with E-state index in [-0.39, 0.29) is 40.9 Å². The molecule has 2 aromatic rings. The van der Waals surface area contributed by atoms with E-state index in [2.05, 4.69) is 15.0 Å². The van der Waals surface area contributed by atoms with Crippen molar-refractivity contribution in [3.05, 3.63) is 53.2 Å². The molecule has 0 unspecified atom stereocenters. The molecule has 0 saturated heterocycles. The maximum Gasteiger partial charge on any atom is 0.232 e. The number of amidine groups is 1. The molecule has 30 heavy (non-hydrogen) atoms. The van der Waals surface area contributed by atoms with Gasteiger partial charge in [0, 0.05) is 12.0 Å². The van der Waals surface area contributed by atoms with Crippen LogP contribution in [-0.4, -0.2) is 47.6 Å². The van der Waals surface area contributed by atoms with Gasteiger partial charge in [-0.1, -0.05) is 6.07 Å². The SMILES string of the molecule is COc1cnc(C(=O)Cc2ccc(F)c([C@]3(C)CS(=O)(=O)C4(CC4)C(N)=N3)c2)cn1. The minimum atomic E-state index is -3.58. The first-order chi connectivity index (χ1) is 14.1. The Morgan fingerprint density at radius 3 is 2.57 bits per heavy atom. The third kappa shape index (κ3) is 3.24. The Labute approximate surface area is 173 Å². The van der Waals surface area contributed by atoms with E-state index >= 15 is 0 Å². The molecule has 1 fully saturated rings. The lowest BCUT2D eigenvalue weighted by atomic mass is 9.91. The molecule has 1 aromatic heterocycles. The van der Waals surface area contributed by atoms with Crippen molar-refractivity contribution in [2.24, 2.45) is 10.7 Å². The molecule has 2 heterocycles. The predicted molar refractivity (Wildman–Crippen MR) is 108 cm³/mol. The van der Waals surface area contributed by atoms with Crippen LogP contribution in [0.15, 0.2) is 35.6 Å². The summed E-state index contributed by atoms with van der Waals surface area (Å²) in [7, 11) is -2.13. The summed E-state index contributed by atoms with van der Waals surface area (Å²) in [6.45, 7) is 1.55. The second-order valence-electron chi connectivity index (χ2n) is 7.88. The largest absolute Gasteiger partial charge is 0.480 e. The highest BCUT2D eigenvalue weighted by Gasteiger charge is 2.62. The smallest absolute Gasteiger partial charge is 0.232 e. The van der Waals surface area contributed by atoms with E-state index in [4.69, 9.17) is 10.5 Å². The van der Waals surface area contributed by atoms with Crippen LogP contribution in [0.4, 0.5) is 4.39 Å². The summed E-state index contributed by atoms with van der Waals surface area (Å²) in [5.41, 5.74) is 5.38. The normalized spacial score (nSPS) is 23.6. The summed E-state index contributed by atoms with van der Waals surface area (Å²) >= 11 is 0. The first-order valence-corrected chi connectivity index (χ1v) is 11.0. The number of aliphatic imine (C=N–C) groups is 1. The van der Waals surface area contributed by atoms with Crippen LogP contribution in [0.3, 0.4) is 0 Å². The van der Waals surface area contributed by atoms with Crippen molar-refractivity contribution in [3.63, 3.8) is 0 Å². The van der Waals surface area contributed by atoms with Gasteiger partial charge in [-0.3, -0.25) is 9.79 Å². The number of rotatable bonds is 5. The number of methoxy groups -OCH3 is 1. The molecule has 1 aromatic carbocycles. The predicted octanol–water partition coefficient (Wildman–Crippen LogP) is 1.58. The number of nitrogens with zero attached hydrogens (tertiary/aromatic N) is 3. The summed E-state index contributed by atoms with van der Waals surface area (Å²) in [5.74, 6) is -0.934. The summed E-state index contributed by atoms with van der Waals surface area (Å²) in [4.78, 5) is 24.9. The van der Waals surface area contributed by atoms with Crippen molar-refractivity contribution in [2.75, 3.05) is 12.9 Å². The summed E-state index contributed by atoms with van der Waals surface area (Å²) in [5, 5.41) is 0. The number of benzene rings is 1. The van der Waals surface area contributed by atoms with Gasteiger partial charge >= 0.3 is 0 Å². The van der Waals surface area contributed by atoms with Crippen LogP contribution in [0.5, 0.6) is 5.88 Å². The second-order valence-corrected chi connectivity index (χ2v) is 10.2. The Morgan fingerprint density at radius 1 is 1.27 bits per heavy atom. The number of hydrogen-bond donors (Lipinski definition) is 1. The Kier molecular flexibility index (Phi) is 4.64. The Bertz CT molecular complexity index is 1160. The van der Waals surface area contributed by atoms with E-state index in [1.807, 2.05) is 0 Å². The maximum atomic E-state index is 14.7. The molecular weight excluding hydrogens is 411 g/mol. The summed E-state index contributed by atoms with van der Waals surface area (Å²) in [6, 6.07) is 4.16. The number of aromatic nitrogens is 2. The number of halogens is 1. The molecule has 10 heteroatoms. The Morgan fingerprint density at radius 2 is 2.00 bits per heavy atom. The molecule has 158 valence electrons. The van der Waals surface area contributed by atoms with Gasteiger partial charge < -0.3 is 10.5 Å². The quantitative estimate of drug-likeness (QED) is 0.711. The molecule has 1 spiro atoms. The molecule has 0 amide bonds. The number of ether oxygens (including phenoxy) is 1. The lowest BCUT2D eigenvalue weighted by Crippen LogP contribution is -2.50. The van der Waals surface area contributed by atoms with Crippen molar-refractivity contribution in [1.82, 2.24) is 9.97 Å². The minimum Gasteiger partial charge on any atom is -0.480 e. The van der Waals surface area contributed by atoms with E-state index < -0.39 is 25.9 Å². The number of nitrogens with two attached hydrogens (primary N) is 1. The average Bonchev–Trinajstić information content (AvgIpc) is 3.50. The highest BCUT2D eigenvalue weighted by Crippen LogP contribution is 2.50. The molecule has 2 N–H and O–H groups in total. The molecular formula is C20H21FN4O4S. The van der Waals surface area contributed by atoms with E-state index in [9.17, 15) is 17.6 Å². The number of carbonyl (C=O) groups excluding carboxylic acids is 1. The van der Waals surface area contributed by atoms with Crippen molar-refractivity contribution in [1.29, 1.82) is 0 Å². The fourth-order valence-corrected chi connectivity index (χ4v) is 6.15. The molecule has 0 bridgehead atoms. The summed E-state index contributed by atoms with van der Waals surface area (Å²) < 4.78 is 44.2. The molecule has 1 saturated carbocycles. The first-order valence-electron chi connectivity index (χ1n) is 9.36. The van der Waals surface area contributed by atoms with Crippen LogP contribution in [0.1, 0.15) is 41.4 Å². The van der Waals surface area contributed by atoms with Gasteiger partial charge in [-0.2, -0.15) is 0 Å². The number of ketones is 1. The van der Waals surface area contributed by atoms with Crippen LogP contribution in [0.25, 0.3) is 0 Å². The van der Waals surface area contributed by atoms with Gasteiger partial charge in [0.2, 0.25) is 5.88 Å². The van der Waals surface area contributed by atoms with Gasteiger partial charge in [0.1, 0.15) is 27.6 Å². The zero-order chi connectivity index (χ0) is 21.7. The molecule has 8 nitrogen and oxygen atoms in total. The average molecular weight is 432 g/mol. The lowest BCUT2D eigenvalue weighted by Gasteiger charge is -2.34. The zero-order valence-electron chi connectivity index (χ0n) is 16.6. The highest BCUT2D eigenvalue weighted by atomic mass is 32.2. The van der Waals surface area contributed by atoms with E-state index in [0.29, 0.717) is 18.4 Å². The molecule has 2 aliphatic rings. The van der Waals surface area contributed by atoms with E-state index in [0.717, 1.165) is 0 Å². The molecule has 1 atom stereocenters. The highest BCUT2D eigenvalue weighted by molar-refractivity contribution is 7.94. The van der Waals surface area contributed by atoms with Crippen molar-refractivity contribution < 1.29 is 22.3 Å². The van der Waals surface area contributed by atoms with Gasteiger partial charge in [0.05, 0.1) is 25.3 Å². The van der Waals surface area contributed by atoms with Gasteiger partial charge in [-0.05, 0) is 37.5 Å². The van der Waals surface area contributed by atoms with Crippen LogP contribution < -0.4 is 10.5 Å². The second kappa shape index (κ2) is 6.83. The fourth-order valence-electron chi connectivity index (χ4n) is 3.82. The minimum absolute atomic E-state index is 0.0330. The zero-order valence-corrected chi connectivity index (χ0v) is 17.4. The molecule has 1 aliphatic carbocycles. The Hall–Kier alpha value is -2.88. The van der Waals surface area contributed by atoms with Crippen LogP contribution in [0, 0.1) is 5.82 Å². The van der Waals surface area contributed by atoms with Crippen molar-refractivity contribution in [3.8, 4) is 5.88 Å².